The minimum absolute atomic E-state index is 0.0521. The smallest absolute Gasteiger partial charge is 0.293 e. The van der Waals surface area contributed by atoms with Crippen molar-refractivity contribution >= 4 is 5.82 Å². The van der Waals surface area contributed by atoms with Crippen molar-refractivity contribution in [2.75, 3.05) is 11.9 Å². The van der Waals surface area contributed by atoms with E-state index < -0.39 is 0 Å². The molecule has 0 aliphatic rings. The lowest BCUT2D eigenvalue weighted by atomic mass is 10.1. The molecular weight excluding hydrogens is 214 g/mol. The first kappa shape index (κ1) is 13.7. The van der Waals surface area contributed by atoms with Gasteiger partial charge in [-0.05, 0) is 33.1 Å². The van der Waals surface area contributed by atoms with Crippen molar-refractivity contribution < 1.29 is 0 Å². The second-order valence-corrected chi connectivity index (χ2v) is 5.73. The van der Waals surface area contributed by atoms with Crippen molar-refractivity contribution in [3.63, 3.8) is 0 Å². The first-order valence-electron chi connectivity index (χ1n) is 6.14. The van der Waals surface area contributed by atoms with Crippen LogP contribution in [0, 0.1) is 5.92 Å². The van der Waals surface area contributed by atoms with Crippen molar-refractivity contribution in [2.45, 2.75) is 46.6 Å². The monoisotopic (exact) mass is 237 g/mol. The molecule has 1 heterocycles. The van der Waals surface area contributed by atoms with E-state index in [1.54, 1.807) is 17.0 Å². The Labute approximate surface area is 103 Å². The highest BCUT2D eigenvalue weighted by Crippen LogP contribution is 2.10. The van der Waals surface area contributed by atoms with Crippen molar-refractivity contribution in [1.29, 1.82) is 0 Å². The molecular formula is C13H23N3O. The number of anilines is 1. The Morgan fingerprint density at radius 2 is 2.06 bits per heavy atom. The van der Waals surface area contributed by atoms with Crippen LogP contribution < -0.4 is 10.9 Å². The summed E-state index contributed by atoms with van der Waals surface area (Å²) in [5, 5.41) is 3.11. The van der Waals surface area contributed by atoms with E-state index in [0.717, 1.165) is 13.0 Å². The topological polar surface area (TPSA) is 46.9 Å². The number of rotatable bonds is 4. The van der Waals surface area contributed by atoms with Gasteiger partial charge in [-0.15, -0.1) is 0 Å². The van der Waals surface area contributed by atoms with Crippen LogP contribution in [0.25, 0.3) is 0 Å². The zero-order chi connectivity index (χ0) is 13.1. The molecule has 1 rings (SSSR count). The van der Waals surface area contributed by atoms with Gasteiger partial charge in [0.25, 0.3) is 5.56 Å². The van der Waals surface area contributed by atoms with Crippen LogP contribution >= 0.6 is 0 Å². The van der Waals surface area contributed by atoms with Crippen molar-refractivity contribution in [1.82, 2.24) is 9.55 Å². The molecule has 1 aromatic heterocycles. The van der Waals surface area contributed by atoms with E-state index in [1.807, 2.05) is 20.8 Å². The predicted octanol–water partition coefficient (Wildman–Crippen LogP) is 2.46. The summed E-state index contributed by atoms with van der Waals surface area (Å²) >= 11 is 0. The standard InChI is InChI=1S/C13H23N3O/c1-10(2)6-7-14-11-12(17)16(9-8-15-11)13(3,4)5/h8-10H,6-7H2,1-5H3,(H,14,15). The third-order valence-corrected chi connectivity index (χ3v) is 2.58. The van der Waals surface area contributed by atoms with E-state index in [9.17, 15) is 4.79 Å². The highest BCUT2D eigenvalue weighted by atomic mass is 16.1. The summed E-state index contributed by atoms with van der Waals surface area (Å²) in [6.07, 6.45) is 4.44. The lowest BCUT2D eigenvalue weighted by Gasteiger charge is -2.22. The summed E-state index contributed by atoms with van der Waals surface area (Å²) < 4.78 is 1.71. The summed E-state index contributed by atoms with van der Waals surface area (Å²) in [5.41, 5.74) is -0.266. The van der Waals surface area contributed by atoms with E-state index in [0.29, 0.717) is 11.7 Å². The number of hydrogen-bond acceptors (Lipinski definition) is 3. The molecule has 0 saturated heterocycles. The first-order valence-corrected chi connectivity index (χ1v) is 6.14. The molecule has 0 fully saturated rings. The molecule has 0 radical (unpaired) electrons. The Morgan fingerprint density at radius 3 is 2.59 bits per heavy atom. The maximum Gasteiger partial charge on any atom is 0.293 e. The molecule has 0 bridgehead atoms. The van der Waals surface area contributed by atoms with Gasteiger partial charge >= 0.3 is 0 Å². The van der Waals surface area contributed by atoms with Crippen LogP contribution in [0.2, 0.25) is 0 Å². The van der Waals surface area contributed by atoms with E-state index in [4.69, 9.17) is 0 Å². The lowest BCUT2D eigenvalue weighted by molar-refractivity contribution is 0.383. The van der Waals surface area contributed by atoms with Gasteiger partial charge in [0.05, 0.1) is 0 Å². The van der Waals surface area contributed by atoms with Crippen LogP contribution in [0.4, 0.5) is 5.82 Å². The number of hydrogen-bond donors (Lipinski definition) is 1. The maximum absolute atomic E-state index is 12.1. The summed E-state index contributed by atoms with van der Waals surface area (Å²) in [5.74, 6) is 1.07. The molecule has 1 aromatic rings. The first-order chi connectivity index (χ1) is 7.82. The summed E-state index contributed by atoms with van der Waals surface area (Å²) in [4.78, 5) is 16.2. The minimum atomic E-state index is -0.214. The second kappa shape index (κ2) is 5.34. The zero-order valence-electron chi connectivity index (χ0n) is 11.4. The van der Waals surface area contributed by atoms with Crippen LogP contribution in [0.1, 0.15) is 41.0 Å². The molecule has 0 saturated carbocycles. The Balaban J connectivity index is 2.85. The fraction of sp³-hybridized carbons (Fsp3) is 0.692. The molecule has 17 heavy (non-hydrogen) atoms. The Morgan fingerprint density at radius 1 is 1.41 bits per heavy atom. The fourth-order valence-corrected chi connectivity index (χ4v) is 1.54. The van der Waals surface area contributed by atoms with Crippen LogP contribution in [-0.4, -0.2) is 16.1 Å². The molecule has 96 valence electrons. The molecule has 0 aliphatic carbocycles. The Kier molecular flexibility index (Phi) is 4.32. The third-order valence-electron chi connectivity index (χ3n) is 2.58. The molecule has 1 N–H and O–H groups in total. The zero-order valence-corrected chi connectivity index (χ0v) is 11.4. The maximum atomic E-state index is 12.1. The van der Waals surface area contributed by atoms with Gasteiger partial charge in [-0.25, -0.2) is 4.98 Å². The normalized spacial score (nSPS) is 11.9. The van der Waals surface area contributed by atoms with Crippen LogP contribution in [0.3, 0.4) is 0 Å². The highest BCUT2D eigenvalue weighted by molar-refractivity contribution is 5.30. The van der Waals surface area contributed by atoms with Gasteiger partial charge in [0.2, 0.25) is 0 Å². The molecule has 4 nitrogen and oxygen atoms in total. The van der Waals surface area contributed by atoms with Crippen molar-refractivity contribution in [3.05, 3.63) is 22.7 Å². The summed E-state index contributed by atoms with van der Waals surface area (Å²) in [6.45, 7) is 11.1. The quantitative estimate of drug-likeness (QED) is 0.875. The summed E-state index contributed by atoms with van der Waals surface area (Å²) in [6, 6.07) is 0. The van der Waals surface area contributed by atoms with Gasteiger partial charge in [0.15, 0.2) is 5.82 Å². The van der Waals surface area contributed by atoms with Gasteiger partial charge in [0, 0.05) is 24.5 Å². The predicted molar refractivity (Wildman–Crippen MR) is 71.4 cm³/mol. The van der Waals surface area contributed by atoms with Crippen LogP contribution in [0.5, 0.6) is 0 Å². The molecule has 0 spiro atoms. The molecule has 0 amide bonds. The lowest BCUT2D eigenvalue weighted by Crippen LogP contribution is -2.35. The van der Waals surface area contributed by atoms with Crippen LogP contribution in [-0.2, 0) is 5.54 Å². The summed E-state index contributed by atoms with van der Waals surface area (Å²) in [7, 11) is 0. The highest BCUT2D eigenvalue weighted by Gasteiger charge is 2.16. The largest absolute Gasteiger partial charge is 0.365 e. The van der Waals surface area contributed by atoms with Crippen molar-refractivity contribution in [2.24, 2.45) is 5.92 Å². The Bertz CT molecular complexity index is 415. The third kappa shape index (κ3) is 3.88. The van der Waals surface area contributed by atoms with Gasteiger partial charge in [-0.1, -0.05) is 13.8 Å². The van der Waals surface area contributed by atoms with E-state index in [-0.39, 0.29) is 11.1 Å². The van der Waals surface area contributed by atoms with Gasteiger partial charge < -0.3 is 9.88 Å². The number of nitrogens with zero attached hydrogens (tertiary/aromatic N) is 2. The second-order valence-electron chi connectivity index (χ2n) is 5.73. The van der Waals surface area contributed by atoms with E-state index in [2.05, 4.69) is 24.1 Å². The van der Waals surface area contributed by atoms with Gasteiger partial charge in [-0.2, -0.15) is 0 Å². The average molecular weight is 237 g/mol. The van der Waals surface area contributed by atoms with Crippen LogP contribution in [0.15, 0.2) is 17.2 Å². The SMILES string of the molecule is CC(C)CCNc1nccn(C(C)(C)C)c1=O. The number of nitrogens with one attached hydrogen (secondary N) is 1. The van der Waals surface area contributed by atoms with E-state index >= 15 is 0 Å². The number of aromatic nitrogens is 2. The Hall–Kier alpha value is -1.32. The molecule has 0 unspecified atom stereocenters. The molecule has 0 atom stereocenters. The van der Waals surface area contributed by atoms with Gasteiger partial charge in [-0.3, -0.25) is 4.79 Å². The fourth-order valence-electron chi connectivity index (χ4n) is 1.54. The van der Waals surface area contributed by atoms with E-state index in [1.165, 1.54) is 0 Å². The van der Waals surface area contributed by atoms with Crippen molar-refractivity contribution in [3.8, 4) is 0 Å². The minimum Gasteiger partial charge on any atom is -0.365 e. The average Bonchev–Trinajstić information content (AvgIpc) is 2.18. The van der Waals surface area contributed by atoms with Gasteiger partial charge in [0.1, 0.15) is 0 Å². The molecule has 4 heteroatoms. The molecule has 0 aliphatic heterocycles. The molecule has 0 aromatic carbocycles.